The SMILES string of the molecule is O=C([O-])C12C[C@H]3C[C@@H](C1)CC(n1ncc(N4CC[C@H](c5ccccc5)C4)c(Cl)c1=O)(C3)C2. The molecule has 7 heteroatoms. The minimum atomic E-state index is -0.962. The van der Waals surface area contributed by atoms with E-state index < -0.39 is 16.9 Å². The summed E-state index contributed by atoms with van der Waals surface area (Å²) >= 11 is 6.67. The van der Waals surface area contributed by atoms with Crippen molar-refractivity contribution in [1.82, 2.24) is 9.78 Å². The number of nitrogens with zero attached hydrogens (tertiary/aromatic N) is 3. The van der Waals surface area contributed by atoms with Gasteiger partial charge in [0.15, 0.2) is 0 Å². The lowest BCUT2D eigenvalue weighted by molar-refractivity contribution is -0.329. The van der Waals surface area contributed by atoms with Gasteiger partial charge < -0.3 is 14.8 Å². The number of halogens is 1. The minimum Gasteiger partial charge on any atom is -0.550 e. The van der Waals surface area contributed by atoms with Crippen LogP contribution in [0.1, 0.15) is 56.4 Å². The summed E-state index contributed by atoms with van der Waals surface area (Å²) in [5.41, 5.74) is 0.317. The van der Waals surface area contributed by atoms with Gasteiger partial charge >= 0.3 is 0 Å². The number of carboxylic acid groups (broad SMARTS) is 1. The van der Waals surface area contributed by atoms with E-state index in [9.17, 15) is 14.7 Å². The van der Waals surface area contributed by atoms with Crippen LogP contribution in [0.25, 0.3) is 0 Å². The van der Waals surface area contributed by atoms with E-state index >= 15 is 0 Å². The fraction of sp³-hybridized carbons (Fsp3) is 0.560. The molecule has 4 aliphatic carbocycles. The summed E-state index contributed by atoms with van der Waals surface area (Å²) in [6.07, 6.45) is 7.16. The summed E-state index contributed by atoms with van der Waals surface area (Å²) in [5.74, 6) is 0.0644. The highest BCUT2D eigenvalue weighted by Gasteiger charge is 2.60. The van der Waals surface area contributed by atoms with E-state index in [0.29, 0.717) is 42.7 Å². The molecule has 168 valence electrons. The predicted octanol–water partition coefficient (Wildman–Crippen LogP) is 2.94. The molecule has 1 aromatic carbocycles. The topological polar surface area (TPSA) is 78.3 Å². The first-order valence-corrected chi connectivity index (χ1v) is 12.1. The number of aromatic nitrogens is 2. The summed E-state index contributed by atoms with van der Waals surface area (Å²) in [6.45, 7) is 1.63. The van der Waals surface area contributed by atoms with Crippen molar-refractivity contribution in [3.63, 3.8) is 0 Å². The number of hydrogen-bond acceptors (Lipinski definition) is 5. The molecule has 1 aliphatic heterocycles. The van der Waals surface area contributed by atoms with E-state index in [1.54, 1.807) is 10.9 Å². The van der Waals surface area contributed by atoms with Crippen LogP contribution in [0.5, 0.6) is 0 Å². The van der Waals surface area contributed by atoms with Gasteiger partial charge in [0, 0.05) is 30.4 Å². The Kier molecular flexibility index (Phi) is 4.49. The molecule has 0 N–H and O–H groups in total. The highest BCUT2D eigenvalue weighted by Crippen LogP contribution is 2.63. The van der Waals surface area contributed by atoms with E-state index in [1.165, 1.54) is 5.56 Å². The molecule has 32 heavy (non-hydrogen) atoms. The summed E-state index contributed by atoms with van der Waals surface area (Å²) in [4.78, 5) is 27.7. The van der Waals surface area contributed by atoms with E-state index in [2.05, 4.69) is 34.3 Å². The van der Waals surface area contributed by atoms with Crippen molar-refractivity contribution in [3.05, 3.63) is 57.5 Å². The van der Waals surface area contributed by atoms with Gasteiger partial charge in [-0.25, -0.2) is 4.68 Å². The average molecular weight is 453 g/mol. The zero-order chi connectivity index (χ0) is 22.1. The second kappa shape index (κ2) is 7.08. The number of anilines is 1. The van der Waals surface area contributed by atoms with Crippen LogP contribution >= 0.6 is 11.6 Å². The number of carboxylic acids is 1. The molecule has 6 nitrogen and oxygen atoms in total. The van der Waals surface area contributed by atoms with E-state index in [0.717, 1.165) is 38.8 Å². The normalized spacial score (nSPS) is 35.4. The first-order valence-electron chi connectivity index (χ1n) is 11.7. The third kappa shape index (κ3) is 2.95. The van der Waals surface area contributed by atoms with Crippen molar-refractivity contribution in [2.75, 3.05) is 18.0 Å². The Hall–Kier alpha value is -2.34. The molecule has 1 saturated heterocycles. The van der Waals surface area contributed by atoms with Crippen molar-refractivity contribution in [2.24, 2.45) is 17.3 Å². The van der Waals surface area contributed by atoms with Gasteiger partial charge in [-0.15, -0.1) is 0 Å². The number of hydrogen-bond donors (Lipinski definition) is 0. The van der Waals surface area contributed by atoms with Gasteiger partial charge in [-0.3, -0.25) is 4.79 Å². The number of carbonyl (C=O) groups excluding carboxylic acids is 1. The molecule has 5 atom stereocenters. The minimum absolute atomic E-state index is 0.201. The third-order valence-electron chi connectivity index (χ3n) is 8.61. The highest BCUT2D eigenvalue weighted by molar-refractivity contribution is 6.33. The number of carbonyl (C=O) groups is 1. The fourth-order valence-corrected chi connectivity index (χ4v) is 7.91. The number of benzene rings is 1. The zero-order valence-electron chi connectivity index (χ0n) is 18.0. The molecule has 5 aliphatic rings. The molecule has 0 spiro atoms. The fourth-order valence-electron chi connectivity index (χ4n) is 7.66. The lowest BCUT2D eigenvalue weighted by Crippen LogP contribution is -2.63. The summed E-state index contributed by atoms with van der Waals surface area (Å²) in [6, 6.07) is 10.4. The van der Waals surface area contributed by atoms with E-state index in [1.807, 2.05) is 6.07 Å². The molecule has 4 bridgehead atoms. The van der Waals surface area contributed by atoms with Crippen LogP contribution in [-0.2, 0) is 10.3 Å². The first kappa shape index (κ1) is 20.3. The van der Waals surface area contributed by atoms with E-state index in [4.69, 9.17) is 11.6 Å². The Morgan fingerprint density at radius 3 is 2.53 bits per heavy atom. The van der Waals surface area contributed by atoms with Crippen LogP contribution in [0.15, 0.2) is 41.3 Å². The lowest BCUT2D eigenvalue weighted by atomic mass is 9.47. The standard InChI is InChI=1S/C25H28ClN3O3/c26-21-20(28-7-6-19(14-28)18-4-2-1-3-5-18)13-27-29(22(21)30)25-11-16-8-17(12-25)10-24(9-16,15-25)23(31)32/h1-5,13,16-17,19H,6-12,14-15H2,(H,31,32)/p-1/t16-,17+,19-,24?,25?/m0/s1. The number of aliphatic carboxylic acids is 1. The first-order chi connectivity index (χ1) is 15.4. The Bertz CT molecular complexity index is 1120. The van der Waals surface area contributed by atoms with Gasteiger partial charge in [0.2, 0.25) is 0 Å². The monoisotopic (exact) mass is 452 g/mol. The van der Waals surface area contributed by atoms with Gasteiger partial charge in [0.25, 0.3) is 5.56 Å². The van der Waals surface area contributed by atoms with Crippen LogP contribution in [-0.4, -0.2) is 28.8 Å². The maximum Gasteiger partial charge on any atom is 0.288 e. The quantitative estimate of drug-likeness (QED) is 0.712. The molecule has 5 fully saturated rings. The van der Waals surface area contributed by atoms with Crippen molar-refractivity contribution in [3.8, 4) is 0 Å². The predicted molar refractivity (Wildman–Crippen MR) is 120 cm³/mol. The van der Waals surface area contributed by atoms with Gasteiger partial charge in [0.1, 0.15) is 5.02 Å². The molecule has 2 aromatic rings. The van der Waals surface area contributed by atoms with Crippen molar-refractivity contribution >= 4 is 23.3 Å². The maximum atomic E-state index is 13.5. The summed E-state index contributed by atoms with van der Waals surface area (Å²) in [7, 11) is 0. The van der Waals surface area contributed by atoms with Crippen LogP contribution < -0.4 is 15.6 Å². The van der Waals surface area contributed by atoms with Crippen LogP contribution in [0.3, 0.4) is 0 Å². The Morgan fingerprint density at radius 1 is 1.12 bits per heavy atom. The van der Waals surface area contributed by atoms with Crippen molar-refractivity contribution in [2.45, 2.75) is 56.4 Å². The molecule has 2 unspecified atom stereocenters. The largest absolute Gasteiger partial charge is 0.550 e. The lowest BCUT2D eigenvalue weighted by Gasteiger charge is -2.62. The van der Waals surface area contributed by atoms with Crippen molar-refractivity contribution < 1.29 is 9.90 Å². The summed E-state index contributed by atoms with van der Waals surface area (Å²) < 4.78 is 1.54. The second-order valence-corrected chi connectivity index (χ2v) is 11.0. The molecular weight excluding hydrogens is 426 g/mol. The maximum absolute atomic E-state index is 13.5. The Labute approximate surface area is 192 Å². The Morgan fingerprint density at radius 2 is 1.84 bits per heavy atom. The van der Waals surface area contributed by atoms with Crippen LogP contribution in [0, 0.1) is 17.3 Å². The molecule has 0 radical (unpaired) electrons. The van der Waals surface area contributed by atoms with Crippen LogP contribution in [0.2, 0.25) is 5.02 Å². The van der Waals surface area contributed by atoms with Gasteiger partial charge in [-0.05, 0) is 62.3 Å². The third-order valence-corrected chi connectivity index (χ3v) is 8.97. The van der Waals surface area contributed by atoms with Crippen LogP contribution in [0.4, 0.5) is 5.69 Å². The van der Waals surface area contributed by atoms with Gasteiger partial charge in [-0.1, -0.05) is 41.9 Å². The molecular formula is C25H27ClN3O3-. The van der Waals surface area contributed by atoms with E-state index in [-0.39, 0.29) is 10.6 Å². The molecule has 2 heterocycles. The Balaban J connectivity index is 1.32. The molecule has 4 saturated carbocycles. The highest BCUT2D eigenvalue weighted by atomic mass is 35.5. The second-order valence-electron chi connectivity index (χ2n) is 10.7. The smallest absolute Gasteiger partial charge is 0.288 e. The molecule has 0 amide bonds. The summed E-state index contributed by atoms with van der Waals surface area (Å²) in [5, 5.41) is 16.9. The zero-order valence-corrected chi connectivity index (χ0v) is 18.8. The number of rotatable bonds is 4. The van der Waals surface area contributed by atoms with Gasteiger partial charge in [-0.2, -0.15) is 5.10 Å². The molecule has 1 aromatic heterocycles. The van der Waals surface area contributed by atoms with Crippen molar-refractivity contribution in [1.29, 1.82) is 0 Å². The van der Waals surface area contributed by atoms with Gasteiger partial charge in [0.05, 0.1) is 17.4 Å². The average Bonchev–Trinajstić information content (AvgIpc) is 3.25. The molecule has 7 rings (SSSR count).